The van der Waals surface area contributed by atoms with Gasteiger partial charge in [-0.1, -0.05) is 35.0 Å². The Morgan fingerprint density at radius 1 is 1.16 bits per heavy atom. The highest BCUT2D eigenvalue weighted by atomic mass is 35.5. The fourth-order valence-electron chi connectivity index (χ4n) is 3.74. The Hall–Kier alpha value is -3.46. The summed E-state index contributed by atoms with van der Waals surface area (Å²) in [6, 6.07) is 8.34. The third-order valence-electron chi connectivity index (χ3n) is 5.30. The van der Waals surface area contributed by atoms with E-state index < -0.39 is 23.9 Å². The summed E-state index contributed by atoms with van der Waals surface area (Å²) in [6.07, 6.45) is 0. The fraction of sp³-hybridized carbons (Fsp3) is 0.286. The van der Waals surface area contributed by atoms with Crippen molar-refractivity contribution in [2.75, 3.05) is 23.9 Å². The summed E-state index contributed by atoms with van der Waals surface area (Å²) in [6.45, 7) is 3.57. The van der Waals surface area contributed by atoms with Gasteiger partial charge in [-0.3, -0.25) is 19.4 Å². The van der Waals surface area contributed by atoms with Gasteiger partial charge in [-0.2, -0.15) is 5.11 Å². The topological polar surface area (TPSA) is 104 Å². The van der Waals surface area contributed by atoms with Gasteiger partial charge in [-0.05, 0) is 43.2 Å². The Bertz CT molecular complexity index is 1100. The first-order chi connectivity index (χ1) is 14.8. The average molecular weight is 442 g/mol. The van der Waals surface area contributed by atoms with Crippen molar-refractivity contribution in [3.8, 4) is 5.75 Å². The van der Waals surface area contributed by atoms with E-state index in [0.29, 0.717) is 17.1 Å². The van der Waals surface area contributed by atoms with E-state index in [-0.39, 0.29) is 17.5 Å². The highest BCUT2D eigenvalue weighted by Crippen LogP contribution is 2.35. The van der Waals surface area contributed by atoms with Crippen LogP contribution < -0.4 is 15.0 Å². The van der Waals surface area contributed by atoms with Crippen LogP contribution in [0.1, 0.15) is 11.1 Å². The van der Waals surface area contributed by atoms with Crippen LogP contribution in [0, 0.1) is 13.8 Å². The summed E-state index contributed by atoms with van der Waals surface area (Å²) >= 11 is 6.14. The molecule has 2 aliphatic rings. The van der Waals surface area contributed by atoms with Gasteiger partial charge in [0.15, 0.2) is 12.1 Å². The minimum atomic E-state index is -0.999. The van der Waals surface area contributed by atoms with E-state index >= 15 is 0 Å². The van der Waals surface area contributed by atoms with Gasteiger partial charge in [0.05, 0.1) is 17.8 Å². The third-order valence-corrected chi connectivity index (χ3v) is 5.60. The zero-order valence-corrected chi connectivity index (χ0v) is 17.9. The molecule has 0 aliphatic carbocycles. The number of carbonyl (C=O) groups excluding carboxylic acids is 3. The number of benzene rings is 2. The number of aryl methyl sites for hydroxylation is 2. The lowest BCUT2D eigenvalue weighted by molar-refractivity contribution is -0.123. The lowest BCUT2D eigenvalue weighted by atomic mass is 10.1. The quantitative estimate of drug-likeness (QED) is 0.718. The Labute approximate surface area is 183 Å². The van der Waals surface area contributed by atoms with Crippen molar-refractivity contribution in [2.24, 2.45) is 10.3 Å². The second-order valence-corrected chi connectivity index (χ2v) is 7.75. The predicted molar refractivity (Wildman–Crippen MR) is 114 cm³/mol. The molecule has 4 rings (SSSR count). The van der Waals surface area contributed by atoms with Crippen molar-refractivity contribution >= 4 is 40.7 Å². The standard InChI is InChI=1S/C21H20ClN5O4/c1-11-5-4-6-12(2)17(11)23-16(28)10-26-19-18(24-25-26)20(29)27(21(19)30)13-7-8-15(31-3)14(22)9-13/h4-9,18-19H,10H2,1-3H3,(H,23,28)/t18-,19+/m1/s1. The van der Waals surface area contributed by atoms with E-state index in [1.54, 1.807) is 12.1 Å². The first-order valence-electron chi connectivity index (χ1n) is 9.56. The lowest BCUT2D eigenvalue weighted by Gasteiger charge is -2.21. The molecule has 2 aromatic rings. The van der Waals surface area contributed by atoms with Gasteiger partial charge in [-0.15, -0.1) is 0 Å². The van der Waals surface area contributed by atoms with Gasteiger partial charge < -0.3 is 10.1 Å². The van der Waals surface area contributed by atoms with Crippen LogP contribution in [-0.4, -0.2) is 48.5 Å². The monoisotopic (exact) mass is 441 g/mol. The van der Waals surface area contributed by atoms with E-state index in [2.05, 4.69) is 15.7 Å². The fourth-order valence-corrected chi connectivity index (χ4v) is 3.99. The Kier molecular flexibility index (Phi) is 5.36. The van der Waals surface area contributed by atoms with E-state index in [1.165, 1.54) is 18.2 Å². The van der Waals surface area contributed by atoms with E-state index in [9.17, 15) is 14.4 Å². The predicted octanol–water partition coefficient (Wildman–Crippen LogP) is 2.90. The first kappa shape index (κ1) is 20.8. The van der Waals surface area contributed by atoms with Gasteiger partial charge in [0.1, 0.15) is 12.3 Å². The molecule has 2 aliphatic heterocycles. The number of rotatable bonds is 5. The van der Waals surface area contributed by atoms with Gasteiger partial charge in [-0.25, -0.2) is 4.90 Å². The SMILES string of the molecule is COc1ccc(N2C(=O)[C@@H]3[C@@H](N=NN3CC(=O)Nc3c(C)cccc3C)C2=O)cc1Cl. The van der Waals surface area contributed by atoms with Crippen molar-refractivity contribution < 1.29 is 19.1 Å². The molecule has 0 aromatic heterocycles. The van der Waals surface area contributed by atoms with Gasteiger partial charge in [0.2, 0.25) is 5.91 Å². The van der Waals surface area contributed by atoms with E-state index in [4.69, 9.17) is 16.3 Å². The van der Waals surface area contributed by atoms with Crippen molar-refractivity contribution in [3.05, 3.63) is 52.5 Å². The number of ether oxygens (including phenoxy) is 1. The summed E-state index contributed by atoms with van der Waals surface area (Å²) < 4.78 is 5.11. The molecule has 3 amide bonds. The largest absolute Gasteiger partial charge is 0.495 e. The number of methoxy groups -OCH3 is 1. The van der Waals surface area contributed by atoms with Crippen LogP contribution in [0.4, 0.5) is 11.4 Å². The summed E-state index contributed by atoms with van der Waals surface area (Å²) in [5.41, 5.74) is 2.86. The molecule has 2 heterocycles. The summed E-state index contributed by atoms with van der Waals surface area (Å²) in [7, 11) is 1.47. The zero-order chi connectivity index (χ0) is 22.3. The molecule has 0 bridgehead atoms. The number of hydrogen-bond donors (Lipinski definition) is 1. The van der Waals surface area contributed by atoms with Crippen molar-refractivity contribution in [2.45, 2.75) is 25.9 Å². The molecule has 1 fully saturated rings. The number of carbonyl (C=O) groups is 3. The third kappa shape index (κ3) is 3.61. The summed E-state index contributed by atoms with van der Waals surface area (Å²) in [5, 5.41) is 12.2. The minimum Gasteiger partial charge on any atom is -0.495 e. The number of nitrogens with zero attached hydrogens (tertiary/aromatic N) is 4. The molecule has 0 radical (unpaired) electrons. The second-order valence-electron chi connectivity index (χ2n) is 7.34. The van der Waals surface area contributed by atoms with Crippen LogP contribution in [0.15, 0.2) is 46.7 Å². The van der Waals surface area contributed by atoms with Gasteiger partial charge >= 0.3 is 0 Å². The number of anilines is 2. The van der Waals surface area contributed by atoms with E-state index in [1.807, 2.05) is 32.0 Å². The number of halogens is 1. The van der Waals surface area contributed by atoms with Gasteiger partial charge in [0, 0.05) is 5.69 Å². The van der Waals surface area contributed by atoms with Crippen molar-refractivity contribution in [1.82, 2.24) is 5.01 Å². The molecular formula is C21H20ClN5O4. The van der Waals surface area contributed by atoms with Crippen molar-refractivity contribution in [3.63, 3.8) is 0 Å². The van der Waals surface area contributed by atoms with Crippen LogP contribution in [0.25, 0.3) is 0 Å². The second kappa shape index (κ2) is 7.99. The van der Waals surface area contributed by atoms with Crippen molar-refractivity contribution in [1.29, 1.82) is 0 Å². The highest BCUT2D eigenvalue weighted by Gasteiger charge is 2.55. The highest BCUT2D eigenvalue weighted by molar-refractivity contribution is 6.33. The lowest BCUT2D eigenvalue weighted by Crippen LogP contribution is -2.43. The molecule has 10 heteroatoms. The smallest absolute Gasteiger partial charge is 0.263 e. The molecule has 1 N–H and O–H groups in total. The zero-order valence-electron chi connectivity index (χ0n) is 17.1. The molecule has 1 saturated heterocycles. The Balaban J connectivity index is 1.52. The maximum absolute atomic E-state index is 13.1. The normalized spacial score (nSPS) is 19.7. The molecule has 2 aromatic carbocycles. The molecule has 0 spiro atoms. The molecule has 31 heavy (non-hydrogen) atoms. The van der Waals surface area contributed by atoms with E-state index in [0.717, 1.165) is 16.0 Å². The molecule has 9 nitrogen and oxygen atoms in total. The number of hydrogen-bond acceptors (Lipinski definition) is 7. The molecular weight excluding hydrogens is 422 g/mol. The first-order valence-corrected chi connectivity index (χ1v) is 9.94. The maximum Gasteiger partial charge on any atom is 0.263 e. The Morgan fingerprint density at radius 2 is 1.87 bits per heavy atom. The summed E-state index contributed by atoms with van der Waals surface area (Å²) in [5.74, 6) is -0.962. The molecule has 0 saturated carbocycles. The van der Waals surface area contributed by atoms with Crippen LogP contribution in [0.2, 0.25) is 5.02 Å². The average Bonchev–Trinajstić information content (AvgIpc) is 3.24. The number of nitrogens with one attached hydrogen (secondary N) is 1. The Morgan fingerprint density at radius 3 is 2.52 bits per heavy atom. The minimum absolute atomic E-state index is 0.214. The van der Waals surface area contributed by atoms with Crippen LogP contribution in [-0.2, 0) is 14.4 Å². The van der Waals surface area contributed by atoms with Crippen LogP contribution in [0.3, 0.4) is 0 Å². The molecule has 2 atom stereocenters. The molecule has 0 unspecified atom stereocenters. The van der Waals surface area contributed by atoms with Crippen LogP contribution in [0.5, 0.6) is 5.75 Å². The number of fused-ring (bicyclic) bond motifs is 1. The molecule has 160 valence electrons. The van der Waals surface area contributed by atoms with Crippen LogP contribution >= 0.6 is 11.6 Å². The van der Waals surface area contributed by atoms with Gasteiger partial charge in [0.25, 0.3) is 11.8 Å². The number of para-hydroxylation sites is 1. The maximum atomic E-state index is 13.1. The number of imide groups is 1. The summed E-state index contributed by atoms with van der Waals surface area (Å²) in [4.78, 5) is 39.5. The number of amides is 3.